The summed E-state index contributed by atoms with van der Waals surface area (Å²) < 4.78 is 29.4. The molecule has 2 atom stereocenters. The molecule has 84 valence electrons. The Hall–Kier alpha value is 0.120. The van der Waals surface area contributed by atoms with Crippen LogP contribution in [0, 0.1) is 0 Å². The van der Waals surface area contributed by atoms with E-state index >= 15 is 0 Å². The molecule has 1 fully saturated rings. The molecule has 1 heterocycles. The van der Waals surface area contributed by atoms with Crippen LogP contribution in [0.1, 0.15) is 6.92 Å². The maximum Gasteiger partial charge on any atom is 0.228 e. The van der Waals surface area contributed by atoms with E-state index in [1.807, 2.05) is 0 Å². The number of sulfonamides is 1. The molecule has 0 aromatic rings. The van der Waals surface area contributed by atoms with Crippen molar-refractivity contribution in [3.05, 3.63) is 0 Å². The maximum atomic E-state index is 11.4. The maximum absolute atomic E-state index is 11.4. The number of morpholine rings is 1. The SMILES string of the molecule is CC1CN(S(=O)(=O)CCl)CC(CO)O1. The Bertz CT molecular complexity index is 281. The van der Waals surface area contributed by atoms with Crippen molar-refractivity contribution in [3.8, 4) is 0 Å². The van der Waals surface area contributed by atoms with Gasteiger partial charge in [-0.05, 0) is 6.92 Å². The van der Waals surface area contributed by atoms with Gasteiger partial charge in [0.2, 0.25) is 10.0 Å². The highest BCUT2D eigenvalue weighted by Crippen LogP contribution is 2.15. The molecule has 1 aliphatic rings. The molecule has 0 aliphatic carbocycles. The van der Waals surface area contributed by atoms with E-state index in [0.717, 1.165) is 0 Å². The zero-order valence-corrected chi connectivity index (χ0v) is 9.46. The van der Waals surface area contributed by atoms with E-state index in [1.54, 1.807) is 6.92 Å². The molecule has 0 aromatic carbocycles. The van der Waals surface area contributed by atoms with E-state index in [9.17, 15) is 8.42 Å². The van der Waals surface area contributed by atoms with E-state index < -0.39 is 21.3 Å². The summed E-state index contributed by atoms with van der Waals surface area (Å²) in [5, 5.41) is 8.45. The minimum Gasteiger partial charge on any atom is -0.394 e. The Morgan fingerprint density at radius 1 is 1.57 bits per heavy atom. The quantitative estimate of drug-likeness (QED) is 0.685. The van der Waals surface area contributed by atoms with E-state index in [-0.39, 0.29) is 19.3 Å². The molecule has 0 spiro atoms. The Balaban J connectivity index is 2.71. The van der Waals surface area contributed by atoms with Gasteiger partial charge < -0.3 is 9.84 Å². The van der Waals surface area contributed by atoms with Gasteiger partial charge in [-0.3, -0.25) is 0 Å². The normalized spacial score (nSPS) is 30.5. The predicted molar refractivity (Wildman–Crippen MR) is 52.6 cm³/mol. The highest BCUT2D eigenvalue weighted by Gasteiger charge is 2.31. The number of hydrogen-bond donors (Lipinski definition) is 1. The average Bonchev–Trinajstić information content (AvgIpc) is 2.16. The molecule has 2 unspecified atom stereocenters. The first-order valence-electron chi connectivity index (χ1n) is 4.29. The lowest BCUT2D eigenvalue weighted by atomic mass is 10.2. The number of aliphatic hydroxyl groups is 1. The third-order valence-corrected chi connectivity index (χ3v) is 4.22. The van der Waals surface area contributed by atoms with Gasteiger partial charge in [-0.2, -0.15) is 4.31 Å². The van der Waals surface area contributed by atoms with Crippen molar-refractivity contribution < 1.29 is 18.3 Å². The molecule has 0 saturated carbocycles. The second-order valence-corrected chi connectivity index (χ2v) is 5.84. The lowest BCUT2D eigenvalue weighted by molar-refractivity contribution is -0.0749. The summed E-state index contributed by atoms with van der Waals surface area (Å²) >= 11 is 5.33. The minimum absolute atomic E-state index is 0.176. The highest BCUT2D eigenvalue weighted by atomic mass is 35.5. The Morgan fingerprint density at radius 2 is 2.21 bits per heavy atom. The predicted octanol–water partition coefficient (Wildman–Crippen LogP) is -0.406. The Morgan fingerprint density at radius 3 is 2.71 bits per heavy atom. The van der Waals surface area contributed by atoms with Crippen LogP contribution in [0.15, 0.2) is 0 Å². The van der Waals surface area contributed by atoms with Gasteiger partial charge in [-0.25, -0.2) is 8.42 Å². The molecule has 14 heavy (non-hydrogen) atoms. The van der Waals surface area contributed by atoms with Crippen molar-refractivity contribution in [2.24, 2.45) is 0 Å². The molecular weight excluding hydrogens is 230 g/mol. The average molecular weight is 244 g/mol. The summed E-state index contributed by atoms with van der Waals surface area (Å²) in [5.41, 5.74) is 0. The molecule has 1 saturated heterocycles. The first kappa shape index (κ1) is 12.2. The molecule has 1 rings (SSSR count). The van der Waals surface area contributed by atoms with Gasteiger partial charge in [0.25, 0.3) is 0 Å². The molecule has 0 radical (unpaired) electrons. The number of alkyl halides is 1. The van der Waals surface area contributed by atoms with Crippen molar-refractivity contribution in [2.75, 3.05) is 24.9 Å². The number of aliphatic hydroxyl groups excluding tert-OH is 1. The molecular formula is C7H14ClNO4S. The Kier molecular flexibility index (Phi) is 4.15. The van der Waals surface area contributed by atoms with Crippen LogP contribution in [0.4, 0.5) is 0 Å². The summed E-state index contributed by atoms with van der Waals surface area (Å²) in [5.74, 6) is 0. The summed E-state index contributed by atoms with van der Waals surface area (Å²) in [6.07, 6.45) is -0.657. The third-order valence-electron chi connectivity index (χ3n) is 2.03. The van der Waals surface area contributed by atoms with E-state index in [2.05, 4.69) is 0 Å². The second kappa shape index (κ2) is 4.76. The molecule has 1 N–H and O–H groups in total. The summed E-state index contributed by atoms with van der Waals surface area (Å²) in [6, 6.07) is 0. The van der Waals surface area contributed by atoms with Crippen molar-refractivity contribution >= 4 is 21.6 Å². The fraction of sp³-hybridized carbons (Fsp3) is 1.00. The molecule has 5 nitrogen and oxygen atoms in total. The lowest BCUT2D eigenvalue weighted by Gasteiger charge is -2.34. The van der Waals surface area contributed by atoms with Gasteiger partial charge in [-0.15, -0.1) is 11.6 Å². The minimum atomic E-state index is -3.39. The van der Waals surface area contributed by atoms with Gasteiger partial charge >= 0.3 is 0 Å². The van der Waals surface area contributed by atoms with Crippen LogP contribution in [-0.4, -0.2) is 54.9 Å². The largest absolute Gasteiger partial charge is 0.394 e. The highest BCUT2D eigenvalue weighted by molar-refractivity contribution is 7.90. The van der Waals surface area contributed by atoms with Crippen LogP contribution < -0.4 is 0 Å². The number of ether oxygens (including phenoxy) is 1. The molecule has 7 heteroatoms. The van der Waals surface area contributed by atoms with Crippen LogP contribution in [0.5, 0.6) is 0 Å². The molecule has 1 aliphatic heterocycles. The van der Waals surface area contributed by atoms with E-state index in [4.69, 9.17) is 21.4 Å². The summed E-state index contributed by atoms with van der Waals surface area (Å²) in [7, 11) is -3.39. The van der Waals surface area contributed by atoms with E-state index in [1.165, 1.54) is 4.31 Å². The molecule has 0 amide bonds. The third kappa shape index (κ3) is 2.80. The number of nitrogens with zero attached hydrogens (tertiary/aromatic N) is 1. The smallest absolute Gasteiger partial charge is 0.228 e. The Labute approximate surface area is 88.7 Å². The summed E-state index contributed by atoms with van der Waals surface area (Å²) in [4.78, 5) is 0. The summed E-state index contributed by atoms with van der Waals surface area (Å²) in [6.45, 7) is 2.05. The monoisotopic (exact) mass is 243 g/mol. The zero-order valence-electron chi connectivity index (χ0n) is 7.89. The topological polar surface area (TPSA) is 66.8 Å². The molecule has 0 bridgehead atoms. The first-order valence-corrected chi connectivity index (χ1v) is 6.44. The van der Waals surface area contributed by atoms with Gasteiger partial charge in [0, 0.05) is 13.1 Å². The van der Waals surface area contributed by atoms with Crippen LogP contribution >= 0.6 is 11.6 Å². The van der Waals surface area contributed by atoms with Crippen LogP contribution in [0.3, 0.4) is 0 Å². The van der Waals surface area contributed by atoms with Gasteiger partial charge in [0.1, 0.15) is 5.21 Å². The van der Waals surface area contributed by atoms with Crippen molar-refractivity contribution in [1.29, 1.82) is 0 Å². The number of rotatable bonds is 3. The van der Waals surface area contributed by atoms with Gasteiger partial charge in [-0.1, -0.05) is 0 Å². The molecule has 0 aromatic heterocycles. The standard InChI is InChI=1S/C7H14ClNO4S/c1-6-2-9(14(11,12)5-8)3-7(4-10)13-6/h6-7,10H,2-5H2,1H3. The van der Waals surface area contributed by atoms with E-state index in [0.29, 0.717) is 6.54 Å². The fourth-order valence-corrected chi connectivity index (χ4v) is 2.78. The van der Waals surface area contributed by atoms with Gasteiger partial charge in [0.15, 0.2) is 0 Å². The van der Waals surface area contributed by atoms with Crippen molar-refractivity contribution in [3.63, 3.8) is 0 Å². The van der Waals surface area contributed by atoms with Crippen LogP contribution in [-0.2, 0) is 14.8 Å². The fourth-order valence-electron chi connectivity index (χ4n) is 1.40. The van der Waals surface area contributed by atoms with Crippen LogP contribution in [0.2, 0.25) is 0 Å². The van der Waals surface area contributed by atoms with Crippen molar-refractivity contribution in [2.45, 2.75) is 19.1 Å². The zero-order chi connectivity index (χ0) is 10.8. The lowest BCUT2D eigenvalue weighted by Crippen LogP contribution is -2.50. The van der Waals surface area contributed by atoms with Gasteiger partial charge in [0.05, 0.1) is 18.8 Å². The second-order valence-electron chi connectivity index (χ2n) is 3.29. The number of halogens is 1. The van der Waals surface area contributed by atoms with Crippen LogP contribution in [0.25, 0.3) is 0 Å². The number of hydrogen-bond acceptors (Lipinski definition) is 4. The first-order chi connectivity index (χ1) is 6.49. The van der Waals surface area contributed by atoms with Crippen molar-refractivity contribution in [1.82, 2.24) is 4.31 Å².